The normalized spacial score (nSPS) is 21.4. The first-order valence-corrected chi connectivity index (χ1v) is 8.15. The number of hydrogen-bond donors (Lipinski definition) is 2. The van der Waals surface area contributed by atoms with Crippen molar-refractivity contribution in [2.24, 2.45) is 0 Å². The van der Waals surface area contributed by atoms with Gasteiger partial charge in [-0.15, -0.1) is 0 Å². The summed E-state index contributed by atoms with van der Waals surface area (Å²) in [5.41, 5.74) is 3.14. The lowest BCUT2D eigenvalue weighted by Crippen LogP contribution is -2.46. The van der Waals surface area contributed by atoms with E-state index in [0.717, 1.165) is 19.6 Å². The summed E-state index contributed by atoms with van der Waals surface area (Å²) < 4.78 is 0. The SMILES string of the molecule is c1ccc2c(c1)CCC(NCCN1CCNCC1)CC2. The molecular formula is C17H27N3. The van der Waals surface area contributed by atoms with Crippen LogP contribution in [0.2, 0.25) is 0 Å². The second kappa shape index (κ2) is 7.21. The van der Waals surface area contributed by atoms with Crippen LogP contribution in [0.25, 0.3) is 0 Å². The van der Waals surface area contributed by atoms with Gasteiger partial charge in [0, 0.05) is 45.3 Å². The van der Waals surface area contributed by atoms with Gasteiger partial charge >= 0.3 is 0 Å². The molecule has 1 aromatic carbocycles. The molecule has 0 unspecified atom stereocenters. The molecule has 1 heterocycles. The molecular weight excluding hydrogens is 246 g/mol. The van der Waals surface area contributed by atoms with E-state index >= 15 is 0 Å². The minimum absolute atomic E-state index is 0.699. The lowest BCUT2D eigenvalue weighted by Gasteiger charge is -2.28. The van der Waals surface area contributed by atoms with Gasteiger partial charge in [-0.25, -0.2) is 0 Å². The van der Waals surface area contributed by atoms with E-state index in [1.807, 2.05) is 0 Å². The number of nitrogens with one attached hydrogen (secondary N) is 2. The number of aryl methyl sites for hydroxylation is 2. The maximum Gasteiger partial charge on any atom is 0.0108 e. The Bertz CT molecular complexity index is 385. The molecule has 1 saturated heterocycles. The average Bonchev–Trinajstić information content (AvgIpc) is 2.71. The molecule has 0 bridgehead atoms. The Labute approximate surface area is 122 Å². The monoisotopic (exact) mass is 273 g/mol. The van der Waals surface area contributed by atoms with Crippen molar-refractivity contribution in [3.8, 4) is 0 Å². The number of nitrogens with zero attached hydrogens (tertiary/aromatic N) is 1. The van der Waals surface area contributed by atoms with E-state index in [9.17, 15) is 0 Å². The standard InChI is InChI=1S/C17H27N3/c1-2-4-16-6-8-17(7-5-15(16)3-1)19-11-14-20-12-9-18-10-13-20/h1-4,17-19H,5-14H2. The molecule has 1 aliphatic carbocycles. The van der Waals surface area contributed by atoms with Gasteiger partial charge in [-0.2, -0.15) is 0 Å². The van der Waals surface area contributed by atoms with Gasteiger partial charge in [-0.1, -0.05) is 24.3 Å². The van der Waals surface area contributed by atoms with Crippen molar-refractivity contribution in [2.45, 2.75) is 31.7 Å². The first kappa shape index (κ1) is 14.1. The number of benzene rings is 1. The maximum atomic E-state index is 3.78. The van der Waals surface area contributed by atoms with Crippen LogP contribution in [-0.2, 0) is 12.8 Å². The van der Waals surface area contributed by atoms with Crippen LogP contribution in [0.1, 0.15) is 24.0 Å². The van der Waals surface area contributed by atoms with Crippen LogP contribution in [0.4, 0.5) is 0 Å². The molecule has 2 N–H and O–H groups in total. The highest BCUT2D eigenvalue weighted by molar-refractivity contribution is 5.28. The minimum Gasteiger partial charge on any atom is -0.314 e. The van der Waals surface area contributed by atoms with Crippen molar-refractivity contribution in [3.63, 3.8) is 0 Å². The zero-order valence-corrected chi connectivity index (χ0v) is 12.4. The molecule has 0 atom stereocenters. The predicted molar refractivity (Wildman–Crippen MR) is 84.2 cm³/mol. The Kier molecular flexibility index (Phi) is 5.06. The van der Waals surface area contributed by atoms with Crippen LogP contribution in [0.15, 0.2) is 24.3 Å². The molecule has 3 nitrogen and oxygen atoms in total. The van der Waals surface area contributed by atoms with Gasteiger partial charge < -0.3 is 10.6 Å². The summed E-state index contributed by atoms with van der Waals surface area (Å²) in [7, 11) is 0. The zero-order chi connectivity index (χ0) is 13.6. The molecule has 0 amide bonds. The maximum absolute atomic E-state index is 3.78. The summed E-state index contributed by atoms with van der Waals surface area (Å²) >= 11 is 0. The average molecular weight is 273 g/mol. The Morgan fingerprint density at radius 3 is 2.35 bits per heavy atom. The summed E-state index contributed by atoms with van der Waals surface area (Å²) in [5.74, 6) is 0. The molecule has 0 saturated carbocycles. The third kappa shape index (κ3) is 3.81. The number of rotatable bonds is 4. The topological polar surface area (TPSA) is 27.3 Å². The summed E-state index contributed by atoms with van der Waals surface area (Å²) in [6.07, 6.45) is 5.06. The number of fused-ring (bicyclic) bond motifs is 1. The van der Waals surface area contributed by atoms with Crippen molar-refractivity contribution in [2.75, 3.05) is 39.3 Å². The van der Waals surface area contributed by atoms with E-state index in [4.69, 9.17) is 0 Å². The lowest BCUT2D eigenvalue weighted by molar-refractivity contribution is 0.236. The van der Waals surface area contributed by atoms with Crippen LogP contribution >= 0.6 is 0 Å². The summed E-state index contributed by atoms with van der Waals surface area (Å²) in [6.45, 7) is 7.05. The van der Waals surface area contributed by atoms with Gasteiger partial charge in [0.25, 0.3) is 0 Å². The number of piperazine rings is 1. The van der Waals surface area contributed by atoms with Crippen molar-refractivity contribution in [1.29, 1.82) is 0 Å². The Hall–Kier alpha value is -0.900. The molecule has 0 spiro atoms. The van der Waals surface area contributed by atoms with Crippen molar-refractivity contribution < 1.29 is 0 Å². The Balaban J connectivity index is 1.41. The Morgan fingerprint density at radius 1 is 1.05 bits per heavy atom. The first-order valence-electron chi connectivity index (χ1n) is 8.15. The van der Waals surface area contributed by atoms with Crippen molar-refractivity contribution in [3.05, 3.63) is 35.4 Å². The van der Waals surface area contributed by atoms with Crippen LogP contribution in [-0.4, -0.2) is 50.2 Å². The molecule has 0 aromatic heterocycles. The second-order valence-corrected chi connectivity index (χ2v) is 6.09. The summed E-state index contributed by atoms with van der Waals surface area (Å²) in [5, 5.41) is 7.19. The third-order valence-electron chi connectivity index (χ3n) is 4.71. The smallest absolute Gasteiger partial charge is 0.0108 e. The van der Waals surface area contributed by atoms with Crippen LogP contribution < -0.4 is 10.6 Å². The lowest BCUT2D eigenvalue weighted by atomic mass is 10.0. The fourth-order valence-corrected chi connectivity index (χ4v) is 3.41. The molecule has 1 aliphatic heterocycles. The fraction of sp³-hybridized carbons (Fsp3) is 0.647. The summed E-state index contributed by atoms with van der Waals surface area (Å²) in [4.78, 5) is 2.56. The first-order chi connectivity index (χ1) is 9.92. The molecule has 2 aliphatic rings. The highest BCUT2D eigenvalue weighted by atomic mass is 15.2. The van der Waals surface area contributed by atoms with Gasteiger partial charge in [0.1, 0.15) is 0 Å². The van der Waals surface area contributed by atoms with E-state index in [-0.39, 0.29) is 0 Å². The highest BCUT2D eigenvalue weighted by Gasteiger charge is 2.16. The largest absolute Gasteiger partial charge is 0.314 e. The predicted octanol–water partition coefficient (Wildman–Crippen LogP) is 1.43. The zero-order valence-electron chi connectivity index (χ0n) is 12.4. The molecule has 3 heteroatoms. The quantitative estimate of drug-likeness (QED) is 0.813. The van der Waals surface area contributed by atoms with Gasteiger partial charge in [0.15, 0.2) is 0 Å². The fourth-order valence-electron chi connectivity index (χ4n) is 3.41. The highest BCUT2D eigenvalue weighted by Crippen LogP contribution is 2.20. The molecule has 1 aromatic rings. The third-order valence-corrected chi connectivity index (χ3v) is 4.71. The van der Waals surface area contributed by atoms with Crippen LogP contribution in [0.3, 0.4) is 0 Å². The van der Waals surface area contributed by atoms with E-state index in [1.54, 1.807) is 11.1 Å². The van der Waals surface area contributed by atoms with E-state index in [0.29, 0.717) is 6.04 Å². The van der Waals surface area contributed by atoms with Crippen molar-refractivity contribution in [1.82, 2.24) is 15.5 Å². The van der Waals surface area contributed by atoms with E-state index < -0.39 is 0 Å². The van der Waals surface area contributed by atoms with Crippen molar-refractivity contribution >= 4 is 0 Å². The number of hydrogen-bond acceptors (Lipinski definition) is 3. The molecule has 20 heavy (non-hydrogen) atoms. The van der Waals surface area contributed by atoms with Crippen LogP contribution in [0.5, 0.6) is 0 Å². The van der Waals surface area contributed by atoms with Gasteiger partial charge in [0.05, 0.1) is 0 Å². The summed E-state index contributed by atoms with van der Waals surface area (Å²) in [6, 6.07) is 9.66. The molecule has 110 valence electrons. The second-order valence-electron chi connectivity index (χ2n) is 6.09. The minimum atomic E-state index is 0.699. The molecule has 1 fully saturated rings. The molecule has 3 rings (SSSR count). The van der Waals surface area contributed by atoms with Gasteiger partial charge in [0.2, 0.25) is 0 Å². The Morgan fingerprint density at radius 2 is 1.70 bits per heavy atom. The van der Waals surface area contributed by atoms with Crippen LogP contribution in [0, 0.1) is 0 Å². The van der Waals surface area contributed by atoms with Gasteiger partial charge in [-0.05, 0) is 36.8 Å². The molecule has 0 radical (unpaired) electrons. The van der Waals surface area contributed by atoms with E-state index in [1.165, 1.54) is 45.3 Å². The van der Waals surface area contributed by atoms with E-state index in [2.05, 4.69) is 39.8 Å². The van der Waals surface area contributed by atoms with Gasteiger partial charge in [-0.3, -0.25) is 4.90 Å².